The number of aromatic nitrogens is 7. The van der Waals surface area contributed by atoms with E-state index < -0.39 is 0 Å². The number of nitrogen functional groups attached to an aromatic ring is 1. The predicted octanol–water partition coefficient (Wildman–Crippen LogP) is 1.39. The fourth-order valence-corrected chi connectivity index (χ4v) is 2.64. The number of nitrogens with zero attached hydrogens (tertiary/aromatic N) is 7. The zero-order valence-corrected chi connectivity index (χ0v) is 12.4. The minimum absolute atomic E-state index is 0.128. The van der Waals surface area contributed by atoms with Crippen LogP contribution in [-0.2, 0) is 13.6 Å². The lowest BCUT2D eigenvalue weighted by molar-refractivity contribution is 0.736. The number of anilines is 1. The molecule has 0 saturated carbocycles. The maximum Gasteiger partial charge on any atom is 0.223 e. The molecule has 0 radical (unpaired) electrons. The van der Waals surface area contributed by atoms with Gasteiger partial charge in [-0.05, 0) is 17.7 Å². The van der Waals surface area contributed by atoms with E-state index in [1.807, 2.05) is 29.8 Å². The van der Waals surface area contributed by atoms with E-state index in [1.165, 1.54) is 0 Å². The highest BCUT2D eigenvalue weighted by Gasteiger charge is 2.11. The van der Waals surface area contributed by atoms with Crippen molar-refractivity contribution in [2.45, 2.75) is 6.54 Å². The van der Waals surface area contributed by atoms with E-state index in [2.05, 4.69) is 25.3 Å². The zero-order valence-electron chi connectivity index (χ0n) is 11.6. The van der Waals surface area contributed by atoms with E-state index in [4.69, 9.17) is 17.3 Å². The molecule has 1 aromatic carbocycles. The van der Waals surface area contributed by atoms with Crippen molar-refractivity contribution < 1.29 is 0 Å². The molecule has 0 amide bonds. The third kappa shape index (κ3) is 1.96. The number of nitrogens with two attached hydrogens (primary N) is 1. The van der Waals surface area contributed by atoms with Gasteiger partial charge in [-0.2, -0.15) is 9.97 Å². The monoisotopic (exact) mass is 314 g/mol. The van der Waals surface area contributed by atoms with E-state index in [0.717, 1.165) is 16.6 Å². The van der Waals surface area contributed by atoms with E-state index in [1.54, 1.807) is 11.0 Å². The molecule has 110 valence electrons. The van der Waals surface area contributed by atoms with Crippen LogP contribution in [0.25, 0.3) is 22.2 Å². The topological polar surface area (TPSA) is 100 Å². The van der Waals surface area contributed by atoms with Crippen LogP contribution in [-0.4, -0.2) is 34.5 Å². The number of benzene rings is 1. The lowest BCUT2D eigenvalue weighted by Crippen LogP contribution is -2.02. The Labute approximate surface area is 129 Å². The second-order valence-corrected chi connectivity index (χ2v) is 5.31. The number of fused-ring (bicyclic) bond motifs is 2. The molecule has 0 aliphatic heterocycles. The van der Waals surface area contributed by atoms with Gasteiger partial charge in [0.05, 0.1) is 18.4 Å². The van der Waals surface area contributed by atoms with Crippen molar-refractivity contribution in [2.75, 3.05) is 5.73 Å². The molecule has 0 aliphatic rings. The molecule has 4 aromatic rings. The molecule has 3 aromatic heterocycles. The van der Waals surface area contributed by atoms with Gasteiger partial charge in [-0.3, -0.25) is 0 Å². The summed E-state index contributed by atoms with van der Waals surface area (Å²) in [5.41, 5.74) is 9.68. The molecular formula is C13H11ClN8. The van der Waals surface area contributed by atoms with Crippen molar-refractivity contribution in [3.8, 4) is 0 Å². The Bertz CT molecular complexity index is 1000. The maximum absolute atomic E-state index is 6.03. The molecule has 22 heavy (non-hydrogen) atoms. The number of hydrogen-bond acceptors (Lipinski definition) is 6. The Morgan fingerprint density at radius 3 is 3.00 bits per heavy atom. The summed E-state index contributed by atoms with van der Waals surface area (Å²) in [6.45, 7) is 0.579. The fourth-order valence-electron chi connectivity index (χ4n) is 2.42. The van der Waals surface area contributed by atoms with Crippen LogP contribution >= 0.6 is 11.6 Å². The van der Waals surface area contributed by atoms with Gasteiger partial charge in [0.1, 0.15) is 11.0 Å². The molecule has 0 bridgehead atoms. The molecule has 0 spiro atoms. The molecule has 4 rings (SSSR count). The van der Waals surface area contributed by atoms with E-state index in [9.17, 15) is 0 Å². The van der Waals surface area contributed by atoms with Gasteiger partial charge in [0.25, 0.3) is 0 Å². The van der Waals surface area contributed by atoms with Crippen molar-refractivity contribution in [1.82, 2.24) is 34.5 Å². The van der Waals surface area contributed by atoms with Crippen LogP contribution in [0.2, 0.25) is 5.15 Å². The third-order valence-corrected chi connectivity index (χ3v) is 3.73. The highest BCUT2D eigenvalue weighted by atomic mass is 35.5. The SMILES string of the molecule is Cn1nnc2cc(Cn3cnc4c(Cl)nc(N)nc43)ccc21. The summed E-state index contributed by atoms with van der Waals surface area (Å²) in [7, 11) is 1.86. The summed E-state index contributed by atoms with van der Waals surface area (Å²) in [6, 6.07) is 5.99. The lowest BCUT2D eigenvalue weighted by atomic mass is 10.2. The second-order valence-electron chi connectivity index (χ2n) is 4.95. The Balaban J connectivity index is 1.78. The van der Waals surface area contributed by atoms with Gasteiger partial charge >= 0.3 is 0 Å². The first-order valence-corrected chi connectivity index (χ1v) is 6.92. The first-order chi connectivity index (χ1) is 10.6. The van der Waals surface area contributed by atoms with E-state index >= 15 is 0 Å². The number of rotatable bonds is 2. The van der Waals surface area contributed by atoms with Crippen LogP contribution in [0.3, 0.4) is 0 Å². The van der Waals surface area contributed by atoms with Crippen molar-refractivity contribution >= 4 is 39.7 Å². The van der Waals surface area contributed by atoms with Crippen LogP contribution in [0.15, 0.2) is 24.5 Å². The fraction of sp³-hybridized carbons (Fsp3) is 0.154. The van der Waals surface area contributed by atoms with E-state index in [-0.39, 0.29) is 11.1 Å². The van der Waals surface area contributed by atoms with Gasteiger partial charge in [0.15, 0.2) is 10.8 Å². The Morgan fingerprint density at radius 2 is 2.14 bits per heavy atom. The third-order valence-electron chi connectivity index (χ3n) is 3.47. The average molecular weight is 315 g/mol. The first-order valence-electron chi connectivity index (χ1n) is 6.54. The Hall–Kier alpha value is -2.74. The molecule has 8 nitrogen and oxygen atoms in total. The van der Waals surface area contributed by atoms with Gasteiger partial charge in [-0.1, -0.05) is 22.9 Å². The summed E-state index contributed by atoms with van der Waals surface area (Å²) >= 11 is 6.03. The molecule has 9 heteroatoms. The zero-order chi connectivity index (χ0) is 15.3. The summed E-state index contributed by atoms with van der Waals surface area (Å²) in [5, 5.41) is 8.38. The molecule has 0 saturated heterocycles. The van der Waals surface area contributed by atoms with Crippen LogP contribution in [0.4, 0.5) is 5.95 Å². The number of imidazole rings is 1. The van der Waals surface area contributed by atoms with Gasteiger partial charge < -0.3 is 10.3 Å². The van der Waals surface area contributed by atoms with Crippen molar-refractivity contribution in [3.05, 3.63) is 35.2 Å². The molecule has 0 unspecified atom stereocenters. The summed E-state index contributed by atoms with van der Waals surface area (Å²) < 4.78 is 3.61. The molecular weight excluding hydrogens is 304 g/mol. The number of halogens is 1. The highest BCUT2D eigenvalue weighted by molar-refractivity contribution is 6.33. The van der Waals surface area contributed by atoms with Crippen LogP contribution < -0.4 is 5.73 Å². The van der Waals surface area contributed by atoms with Crippen LogP contribution in [0.1, 0.15) is 5.56 Å². The Morgan fingerprint density at radius 1 is 1.27 bits per heavy atom. The van der Waals surface area contributed by atoms with Gasteiger partial charge in [0.2, 0.25) is 5.95 Å². The smallest absolute Gasteiger partial charge is 0.223 e. The molecule has 0 fully saturated rings. The van der Waals surface area contributed by atoms with Gasteiger partial charge in [-0.25, -0.2) is 9.67 Å². The van der Waals surface area contributed by atoms with Crippen molar-refractivity contribution in [1.29, 1.82) is 0 Å². The predicted molar refractivity (Wildman–Crippen MR) is 82.4 cm³/mol. The average Bonchev–Trinajstić information content (AvgIpc) is 3.04. The van der Waals surface area contributed by atoms with E-state index in [0.29, 0.717) is 17.7 Å². The largest absolute Gasteiger partial charge is 0.368 e. The number of hydrogen-bond donors (Lipinski definition) is 1. The summed E-state index contributed by atoms with van der Waals surface area (Å²) in [6.07, 6.45) is 1.67. The lowest BCUT2D eigenvalue weighted by Gasteiger charge is -2.04. The first kappa shape index (κ1) is 13.0. The van der Waals surface area contributed by atoms with Gasteiger partial charge in [0, 0.05) is 7.05 Å². The van der Waals surface area contributed by atoms with Gasteiger partial charge in [-0.15, -0.1) is 5.10 Å². The Kier molecular flexibility index (Phi) is 2.73. The number of aryl methyl sites for hydroxylation is 1. The van der Waals surface area contributed by atoms with Crippen LogP contribution in [0, 0.1) is 0 Å². The highest BCUT2D eigenvalue weighted by Crippen LogP contribution is 2.21. The molecule has 0 atom stereocenters. The maximum atomic E-state index is 6.03. The summed E-state index contributed by atoms with van der Waals surface area (Å²) in [5.74, 6) is 0.128. The second kappa shape index (κ2) is 4.63. The van der Waals surface area contributed by atoms with Crippen molar-refractivity contribution in [3.63, 3.8) is 0 Å². The summed E-state index contributed by atoms with van der Waals surface area (Å²) in [4.78, 5) is 12.4. The molecule has 3 heterocycles. The quantitative estimate of drug-likeness (QED) is 0.561. The molecule has 0 aliphatic carbocycles. The molecule has 2 N–H and O–H groups in total. The van der Waals surface area contributed by atoms with Crippen molar-refractivity contribution in [2.24, 2.45) is 7.05 Å². The normalized spacial score (nSPS) is 11.5. The standard InChI is InChI=1S/C13H11ClN8/c1-21-9-3-2-7(4-8(9)19-20-21)5-22-6-16-10-11(14)17-13(15)18-12(10)22/h2-4,6H,5H2,1H3,(H2,15,17,18). The van der Waals surface area contributed by atoms with Crippen LogP contribution in [0.5, 0.6) is 0 Å². The minimum Gasteiger partial charge on any atom is -0.368 e. The minimum atomic E-state index is 0.128.